The van der Waals surface area contributed by atoms with Gasteiger partial charge in [-0.25, -0.2) is 4.98 Å². The van der Waals surface area contributed by atoms with Crippen LogP contribution in [0, 0.1) is 0 Å². The summed E-state index contributed by atoms with van der Waals surface area (Å²) in [5, 5.41) is 3.87. The van der Waals surface area contributed by atoms with E-state index >= 15 is 0 Å². The highest BCUT2D eigenvalue weighted by Crippen LogP contribution is 2.29. The van der Waals surface area contributed by atoms with Crippen molar-refractivity contribution in [2.45, 2.75) is 19.7 Å². The molecule has 0 aliphatic carbocycles. The summed E-state index contributed by atoms with van der Waals surface area (Å²) in [6.07, 6.45) is 5.29. The van der Waals surface area contributed by atoms with Crippen LogP contribution >= 0.6 is 11.6 Å². The second kappa shape index (κ2) is 9.17. The molecule has 0 saturated heterocycles. The van der Waals surface area contributed by atoms with Gasteiger partial charge in [0.2, 0.25) is 0 Å². The molecule has 0 bridgehead atoms. The van der Waals surface area contributed by atoms with Crippen molar-refractivity contribution in [2.24, 2.45) is 0 Å². The smallest absolute Gasteiger partial charge is 0.161 e. The zero-order valence-corrected chi connectivity index (χ0v) is 15.2. The van der Waals surface area contributed by atoms with Crippen LogP contribution in [0.2, 0.25) is 5.15 Å². The van der Waals surface area contributed by atoms with Gasteiger partial charge in [-0.15, -0.1) is 0 Å². The van der Waals surface area contributed by atoms with Crippen LogP contribution in [-0.4, -0.2) is 17.1 Å². The molecule has 0 aliphatic rings. The summed E-state index contributed by atoms with van der Waals surface area (Å²) in [6, 6.07) is 13.6. The minimum Gasteiger partial charge on any atom is -0.493 e. The van der Waals surface area contributed by atoms with Crippen molar-refractivity contribution in [3.8, 4) is 11.5 Å². The molecule has 0 saturated carbocycles. The molecular formula is C20H20ClN3O2. The maximum Gasteiger partial charge on any atom is 0.161 e. The molecule has 0 spiro atoms. The molecule has 5 nitrogen and oxygen atoms in total. The van der Waals surface area contributed by atoms with E-state index in [1.165, 1.54) is 5.56 Å². The fourth-order valence-electron chi connectivity index (χ4n) is 2.45. The Hall–Kier alpha value is -2.63. The van der Waals surface area contributed by atoms with Crippen molar-refractivity contribution in [3.05, 3.63) is 82.9 Å². The van der Waals surface area contributed by atoms with Crippen LogP contribution in [-0.2, 0) is 19.7 Å². The Bertz CT molecular complexity index is 826. The maximum absolute atomic E-state index is 5.85. The first-order valence-corrected chi connectivity index (χ1v) is 8.62. The van der Waals surface area contributed by atoms with E-state index in [9.17, 15) is 0 Å². The molecule has 0 radical (unpaired) electrons. The van der Waals surface area contributed by atoms with Crippen molar-refractivity contribution in [3.63, 3.8) is 0 Å². The highest BCUT2D eigenvalue weighted by atomic mass is 35.5. The number of methoxy groups -OCH3 is 1. The van der Waals surface area contributed by atoms with E-state index in [1.807, 2.05) is 36.4 Å². The van der Waals surface area contributed by atoms with Crippen LogP contribution in [0.5, 0.6) is 11.5 Å². The van der Waals surface area contributed by atoms with E-state index in [2.05, 4.69) is 15.3 Å². The number of nitrogens with one attached hydrogen (secondary N) is 1. The van der Waals surface area contributed by atoms with Gasteiger partial charge >= 0.3 is 0 Å². The Kier molecular flexibility index (Phi) is 6.41. The molecule has 0 atom stereocenters. The van der Waals surface area contributed by atoms with Crippen LogP contribution in [0.4, 0.5) is 0 Å². The average molecular weight is 370 g/mol. The molecule has 0 amide bonds. The summed E-state index contributed by atoms with van der Waals surface area (Å²) in [7, 11) is 1.64. The fraction of sp³-hybridized carbons (Fsp3) is 0.200. The lowest BCUT2D eigenvalue weighted by molar-refractivity contribution is 0.284. The highest BCUT2D eigenvalue weighted by Gasteiger charge is 2.07. The number of nitrogens with zero attached hydrogens (tertiary/aromatic N) is 2. The lowest BCUT2D eigenvalue weighted by atomic mass is 10.2. The molecule has 1 aromatic carbocycles. The van der Waals surface area contributed by atoms with E-state index in [4.69, 9.17) is 21.1 Å². The molecule has 1 N–H and O–H groups in total. The normalized spacial score (nSPS) is 10.5. The number of hydrogen-bond donors (Lipinski definition) is 1. The predicted octanol–water partition coefficient (Wildman–Crippen LogP) is 4.01. The minimum atomic E-state index is 0.403. The number of benzene rings is 1. The van der Waals surface area contributed by atoms with E-state index < -0.39 is 0 Å². The van der Waals surface area contributed by atoms with Gasteiger partial charge in [0.05, 0.1) is 7.11 Å². The van der Waals surface area contributed by atoms with Crippen molar-refractivity contribution in [1.29, 1.82) is 0 Å². The Labute approximate surface area is 158 Å². The molecule has 0 aliphatic heterocycles. The summed E-state index contributed by atoms with van der Waals surface area (Å²) in [5.74, 6) is 1.40. The molecule has 26 heavy (non-hydrogen) atoms. The first-order chi connectivity index (χ1) is 12.7. The summed E-state index contributed by atoms with van der Waals surface area (Å²) in [4.78, 5) is 8.07. The number of hydrogen-bond acceptors (Lipinski definition) is 5. The zero-order chi connectivity index (χ0) is 18.2. The first kappa shape index (κ1) is 18.2. The first-order valence-electron chi connectivity index (χ1n) is 8.24. The highest BCUT2D eigenvalue weighted by molar-refractivity contribution is 6.29. The maximum atomic E-state index is 5.85. The summed E-state index contributed by atoms with van der Waals surface area (Å²) < 4.78 is 11.3. The third-order valence-corrected chi connectivity index (χ3v) is 4.04. The summed E-state index contributed by atoms with van der Waals surface area (Å²) in [5.41, 5.74) is 3.26. The largest absolute Gasteiger partial charge is 0.493 e. The van der Waals surface area contributed by atoms with Crippen molar-refractivity contribution in [2.75, 3.05) is 7.11 Å². The third-order valence-electron chi connectivity index (χ3n) is 3.82. The lowest BCUT2D eigenvalue weighted by Gasteiger charge is -2.13. The molecule has 134 valence electrons. The number of pyridine rings is 2. The second-order valence-corrected chi connectivity index (χ2v) is 6.11. The van der Waals surface area contributed by atoms with Gasteiger partial charge in [-0.05, 0) is 41.5 Å². The van der Waals surface area contributed by atoms with E-state index in [0.29, 0.717) is 23.3 Å². The monoisotopic (exact) mass is 369 g/mol. The van der Waals surface area contributed by atoms with Crippen LogP contribution in [0.15, 0.2) is 61.1 Å². The standard InChI is InChI=1S/C20H20ClN3O2/c1-25-19-10-16(12-23-11-15-6-8-22-9-7-15)2-4-18(19)26-14-17-3-5-20(21)24-13-17/h2-10,13,23H,11-12,14H2,1H3. The topological polar surface area (TPSA) is 56.3 Å². The molecular weight excluding hydrogens is 350 g/mol. The van der Waals surface area contributed by atoms with Crippen molar-refractivity contribution in [1.82, 2.24) is 15.3 Å². The second-order valence-electron chi connectivity index (χ2n) is 5.72. The molecule has 2 aromatic heterocycles. The third kappa shape index (κ3) is 5.18. The minimum absolute atomic E-state index is 0.403. The average Bonchev–Trinajstić information content (AvgIpc) is 2.69. The quantitative estimate of drug-likeness (QED) is 0.608. The van der Waals surface area contributed by atoms with Crippen LogP contribution < -0.4 is 14.8 Å². The SMILES string of the molecule is COc1cc(CNCc2ccncc2)ccc1OCc1ccc(Cl)nc1. The van der Waals surface area contributed by atoms with Gasteiger partial charge in [0, 0.05) is 37.2 Å². The van der Waals surface area contributed by atoms with Crippen molar-refractivity contribution >= 4 is 11.6 Å². The summed E-state index contributed by atoms with van der Waals surface area (Å²) >= 11 is 5.79. The molecule has 6 heteroatoms. The Morgan fingerprint density at radius 2 is 1.69 bits per heavy atom. The molecule has 0 unspecified atom stereocenters. The molecule has 0 fully saturated rings. The van der Waals surface area contributed by atoms with E-state index in [0.717, 1.165) is 24.2 Å². The van der Waals surface area contributed by atoms with Gasteiger partial charge in [0.25, 0.3) is 0 Å². The van der Waals surface area contributed by atoms with Gasteiger partial charge in [0.1, 0.15) is 11.8 Å². The Morgan fingerprint density at radius 3 is 2.42 bits per heavy atom. The summed E-state index contributed by atoms with van der Waals surface area (Å²) in [6.45, 7) is 1.92. The molecule has 3 aromatic rings. The van der Waals surface area contributed by atoms with Gasteiger partial charge in [-0.3, -0.25) is 4.98 Å². The van der Waals surface area contributed by atoms with Gasteiger partial charge in [-0.1, -0.05) is 23.7 Å². The Morgan fingerprint density at radius 1 is 0.923 bits per heavy atom. The molecule has 3 rings (SSSR count). The van der Waals surface area contributed by atoms with Crippen molar-refractivity contribution < 1.29 is 9.47 Å². The predicted molar refractivity (Wildman–Crippen MR) is 101 cm³/mol. The van der Waals surface area contributed by atoms with Gasteiger partial charge in [-0.2, -0.15) is 0 Å². The van der Waals surface area contributed by atoms with Crippen LogP contribution in [0.3, 0.4) is 0 Å². The molecule has 2 heterocycles. The Balaban J connectivity index is 1.57. The van der Waals surface area contributed by atoms with E-state index in [-0.39, 0.29) is 0 Å². The number of halogens is 1. The fourth-order valence-corrected chi connectivity index (χ4v) is 2.56. The van der Waals surface area contributed by atoms with Crippen LogP contribution in [0.1, 0.15) is 16.7 Å². The van der Waals surface area contributed by atoms with Gasteiger partial charge < -0.3 is 14.8 Å². The zero-order valence-electron chi connectivity index (χ0n) is 14.5. The van der Waals surface area contributed by atoms with Crippen LogP contribution in [0.25, 0.3) is 0 Å². The number of rotatable bonds is 8. The van der Waals surface area contributed by atoms with Gasteiger partial charge in [0.15, 0.2) is 11.5 Å². The number of aromatic nitrogens is 2. The lowest BCUT2D eigenvalue weighted by Crippen LogP contribution is -2.12. The van der Waals surface area contributed by atoms with E-state index in [1.54, 1.807) is 31.8 Å². The number of ether oxygens (including phenoxy) is 2.